The van der Waals surface area contributed by atoms with E-state index in [4.69, 9.17) is 0 Å². The van der Waals surface area contributed by atoms with Crippen LogP contribution in [0.3, 0.4) is 0 Å². The van der Waals surface area contributed by atoms with Crippen molar-refractivity contribution in [3.63, 3.8) is 0 Å². The number of nitrogens with zero attached hydrogens (tertiary/aromatic N) is 3. The monoisotopic (exact) mass is 237 g/mol. The molecule has 2 heterocycles. The van der Waals surface area contributed by atoms with Crippen LogP contribution in [0.1, 0.15) is 18.4 Å². The molecule has 0 saturated carbocycles. The molecule has 6 nitrogen and oxygen atoms in total. The summed E-state index contributed by atoms with van der Waals surface area (Å²) in [5.74, 6) is 0.570. The highest BCUT2D eigenvalue weighted by atomic mass is 16.6. The third kappa shape index (κ3) is 2.52. The summed E-state index contributed by atoms with van der Waals surface area (Å²) < 4.78 is 0. The molecule has 1 aromatic heterocycles. The summed E-state index contributed by atoms with van der Waals surface area (Å²) in [6.07, 6.45) is 2.80. The summed E-state index contributed by atoms with van der Waals surface area (Å²) in [5, 5.41) is 20.4. The van der Waals surface area contributed by atoms with Gasteiger partial charge >= 0.3 is 0 Å². The minimum absolute atomic E-state index is 0.0788. The van der Waals surface area contributed by atoms with Gasteiger partial charge in [0.25, 0.3) is 5.69 Å². The molecular formula is C11H15N3O3. The van der Waals surface area contributed by atoms with Crippen molar-refractivity contribution in [3.05, 3.63) is 27.9 Å². The third-order valence-electron chi connectivity index (χ3n) is 2.98. The van der Waals surface area contributed by atoms with Crippen molar-refractivity contribution in [2.24, 2.45) is 0 Å². The zero-order valence-corrected chi connectivity index (χ0v) is 9.67. The smallest absolute Gasteiger partial charge is 0.277 e. The normalized spacial score (nSPS) is 20.4. The number of hydrogen-bond acceptors (Lipinski definition) is 5. The Morgan fingerprint density at radius 1 is 1.65 bits per heavy atom. The maximum absolute atomic E-state index is 10.8. The van der Waals surface area contributed by atoms with Crippen molar-refractivity contribution in [1.82, 2.24) is 4.98 Å². The highest BCUT2D eigenvalue weighted by Gasteiger charge is 2.21. The van der Waals surface area contributed by atoms with Crippen molar-refractivity contribution >= 4 is 11.5 Å². The molecule has 0 spiro atoms. The lowest BCUT2D eigenvalue weighted by Crippen LogP contribution is -2.38. The summed E-state index contributed by atoms with van der Waals surface area (Å²) in [7, 11) is 0. The topological polar surface area (TPSA) is 79.5 Å². The third-order valence-corrected chi connectivity index (χ3v) is 2.98. The van der Waals surface area contributed by atoms with E-state index < -0.39 is 4.92 Å². The summed E-state index contributed by atoms with van der Waals surface area (Å²) in [6, 6.07) is 1.48. The molecule has 92 valence electrons. The van der Waals surface area contributed by atoms with Crippen molar-refractivity contribution in [1.29, 1.82) is 0 Å². The summed E-state index contributed by atoms with van der Waals surface area (Å²) in [4.78, 5) is 16.5. The van der Waals surface area contributed by atoms with Gasteiger partial charge in [-0.1, -0.05) is 0 Å². The largest absolute Gasteiger partial charge is 0.391 e. The second-order valence-electron chi connectivity index (χ2n) is 4.33. The summed E-state index contributed by atoms with van der Waals surface area (Å²) in [6.45, 7) is 2.94. The van der Waals surface area contributed by atoms with Crippen LogP contribution in [0.25, 0.3) is 0 Å². The van der Waals surface area contributed by atoms with E-state index in [1.807, 2.05) is 4.90 Å². The average molecular weight is 237 g/mol. The van der Waals surface area contributed by atoms with Crippen LogP contribution in [0.5, 0.6) is 0 Å². The van der Waals surface area contributed by atoms with Gasteiger partial charge < -0.3 is 10.0 Å². The number of pyridine rings is 1. The lowest BCUT2D eigenvalue weighted by atomic mass is 10.1. The van der Waals surface area contributed by atoms with E-state index in [0.717, 1.165) is 19.4 Å². The molecule has 6 heteroatoms. The SMILES string of the molecule is Cc1cnc(N2CCC[C@H](O)C2)cc1[N+](=O)[O-]. The molecule has 0 amide bonds. The van der Waals surface area contributed by atoms with E-state index in [1.54, 1.807) is 6.92 Å². The van der Waals surface area contributed by atoms with Crippen molar-refractivity contribution in [3.8, 4) is 0 Å². The Balaban J connectivity index is 2.26. The van der Waals surface area contributed by atoms with Gasteiger partial charge in [-0.2, -0.15) is 0 Å². The Kier molecular flexibility index (Phi) is 3.23. The molecule has 1 aromatic rings. The number of nitro groups is 1. The van der Waals surface area contributed by atoms with E-state index >= 15 is 0 Å². The zero-order valence-electron chi connectivity index (χ0n) is 9.67. The second-order valence-corrected chi connectivity index (χ2v) is 4.33. The predicted octanol–water partition coefficient (Wildman–Crippen LogP) is 1.26. The molecule has 0 aliphatic carbocycles. The van der Waals surface area contributed by atoms with Crippen LogP contribution in [0.4, 0.5) is 11.5 Å². The highest BCUT2D eigenvalue weighted by molar-refractivity contribution is 5.50. The fourth-order valence-corrected chi connectivity index (χ4v) is 2.03. The minimum Gasteiger partial charge on any atom is -0.391 e. The number of piperidine rings is 1. The van der Waals surface area contributed by atoms with Crippen molar-refractivity contribution < 1.29 is 10.0 Å². The zero-order chi connectivity index (χ0) is 12.4. The number of aromatic nitrogens is 1. The molecule has 0 bridgehead atoms. The molecule has 1 N–H and O–H groups in total. The van der Waals surface area contributed by atoms with E-state index in [2.05, 4.69) is 4.98 Å². The Hall–Kier alpha value is -1.69. The molecule has 1 atom stereocenters. The highest BCUT2D eigenvalue weighted by Crippen LogP contribution is 2.24. The molecular weight excluding hydrogens is 222 g/mol. The molecule has 1 aliphatic rings. The van der Waals surface area contributed by atoms with Gasteiger partial charge in [-0.15, -0.1) is 0 Å². The molecule has 17 heavy (non-hydrogen) atoms. The Morgan fingerprint density at radius 2 is 2.41 bits per heavy atom. The first-order valence-electron chi connectivity index (χ1n) is 5.62. The van der Waals surface area contributed by atoms with Gasteiger partial charge in [-0.25, -0.2) is 4.98 Å². The van der Waals surface area contributed by atoms with Gasteiger partial charge in [-0.3, -0.25) is 10.1 Å². The standard InChI is InChI=1S/C11H15N3O3/c1-8-6-12-11(5-10(8)14(16)17)13-4-2-3-9(15)7-13/h5-6,9,15H,2-4,7H2,1H3/t9-/m0/s1. The van der Waals surface area contributed by atoms with Crippen molar-refractivity contribution in [2.45, 2.75) is 25.9 Å². The average Bonchev–Trinajstić information content (AvgIpc) is 2.29. The quantitative estimate of drug-likeness (QED) is 0.618. The molecule has 0 unspecified atom stereocenters. The number of anilines is 1. The lowest BCUT2D eigenvalue weighted by Gasteiger charge is -2.30. The first-order valence-corrected chi connectivity index (χ1v) is 5.62. The van der Waals surface area contributed by atoms with Crippen molar-refractivity contribution in [2.75, 3.05) is 18.0 Å². The van der Waals surface area contributed by atoms with Gasteiger partial charge in [0.05, 0.1) is 17.1 Å². The Bertz CT molecular complexity index is 436. The number of aliphatic hydroxyl groups excluding tert-OH is 1. The van der Waals surface area contributed by atoms with Crippen LogP contribution in [-0.4, -0.2) is 34.2 Å². The van der Waals surface area contributed by atoms with Crippen LogP contribution < -0.4 is 4.90 Å². The molecule has 0 aromatic carbocycles. The Labute approximate surface area is 99.0 Å². The number of aryl methyl sites for hydroxylation is 1. The fourth-order valence-electron chi connectivity index (χ4n) is 2.03. The summed E-state index contributed by atoms with van der Waals surface area (Å²) >= 11 is 0. The van der Waals surface area contributed by atoms with Gasteiger partial charge in [-0.05, 0) is 19.8 Å². The Morgan fingerprint density at radius 3 is 3.06 bits per heavy atom. The predicted molar refractivity (Wildman–Crippen MR) is 63.1 cm³/mol. The van der Waals surface area contributed by atoms with Gasteiger partial charge in [0.1, 0.15) is 5.82 Å². The first kappa shape index (κ1) is 11.8. The lowest BCUT2D eigenvalue weighted by molar-refractivity contribution is -0.385. The minimum atomic E-state index is -0.402. The van der Waals surface area contributed by atoms with E-state index in [-0.39, 0.29) is 11.8 Å². The van der Waals surface area contributed by atoms with Crippen LogP contribution in [-0.2, 0) is 0 Å². The second kappa shape index (κ2) is 4.67. The molecule has 1 saturated heterocycles. The van der Waals surface area contributed by atoms with Gasteiger partial charge in [0.2, 0.25) is 0 Å². The fraction of sp³-hybridized carbons (Fsp3) is 0.545. The van der Waals surface area contributed by atoms with Crippen LogP contribution >= 0.6 is 0 Å². The maximum atomic E-state index is 10.8. The molecule has 1 fully saturated rings. The van der Waals surface area contributed by atoms with Crippen LogP contribution in [0.2, 0.25) is 0 Å². The first-order chi connectivity index (χ1) is 8.08. The van der Waals surface area contributed by atoms with Gasteiger partial charge in [0.15, 0.2) is 0 Å². The summed E-state index contributed by atoms with van der Waals surface area (Å²) in [5.41, 5.74) is 0.631. The molecule has 0 radical (unpaired) electrons. The number of hydrogen-bond donors (Lipinski definition) is 1. The number of aliphatic hydroxyl groups is 1. The van der Waals surface area contributed by atoms with Crippen LogP contribution in [0, 0.1) is 17.0 Å². The molecule has 2 rings (SSSR count). The molecule has 1 aliphatic heterocycles. The number of rotatable bonds is 2. The van der Waals surface area contributed by atoms with E-state index in [0.29, 0.717) is 17.9 Å². The van der Waals surface area contributed by atoms with Gasteiger partial charge in [0, 0.05) is 24.8 Å². The number of β-amino-alcohol motifs (C(OH)–C–C–N with tert-alkyl or cyclic N) is 1. The van der Waals surface area contributed by atoms with E-state index in [1.165, 1.54) is 12.3 Å². The van der Waals surface area contributed by atoms with Crippen LogP contribution in [0.15, 0.2) is 12.3 Å². The maximum Gasteiger partial charge on any atom is 0.277 e. The van der Waals surface area contributed by atoms with E-state index in [9.17, 15) is 15.2 Å².